The molecule has 2 N–H and O–H groups in total. The van der Waals surface area contributed by atoms with Gasteiger partial charge < -0.3 is 15.4 Å². The number of hydrogen-bond acceptors (Lipinski definition) is 3. The fraction of sp³-hybridized carbons (Fsp3) is 0.571. The van der Waals surface area contributed by atoms with Gasteiger partial charge in [-0.2, -0.15) is 0 Å². The van der Waals surface area contributed by atoms with E-state index in [0.29, 0.717) is 6.04 Å². The number of methoxy groups -OCH3 is 1. The highest BCUT2D eigenvalue weighted by Gasteiger charge is 2.27. The quantitative estimate of drug-likeness (QED) is 0.843. The number of ether oxygens (including phenoxy) is 1. The topological polar surface area (TPSA) is 33.3 Å². The van der Waals surface area contributed by atoms with E-state index >= 15 is 0 Å². The molecule has 94 valence electrons. The first-order chi connectivity index (χ1) is 8.11. The summed E-state index contributed by atoms with van der Waals surface area (Å²) in [6.07, 6.45) is 2.28. The largest absolute Gasteiger partial charge is 0.495 e. The molecular weight excluding hydrogens is 212 g/mol. The second-order valence-electron chi connectivity index (χ2n) is 5.35. The average molecular weight is 234 g/mol. The fourth-order valence-corrected chi connectivity index (χ4v) is 2.48. The zero-order chi connectivity index (χ0) is 12.3. The van der Waals surface area contributed by atoms with Gasteiger partial charge in [0.2, 0.25) is 0 Å². The summed E-state index contributed by atoms with van der Waals surface area (Å²) in [5.41, 5.74) is 1.32. The second-order valence-corrected chi connectivity index (χ2v) is 5.35. The van der Waals surface area contributed by atoms with E-state index in [9.17, 15) is 0 Å². The van der Waals surface area contributed by atoms with E-state index in [1.807, 2.05) is 18.2 Å². The minimum absolute atomic E-state index is 0.220. The van der Waals surface area contributed by atoms with Gasteiger partial charge in [0.1, 0.15) is 5.75 Å². The van der Waals surface area contributed by atoms with Crippen LogP contribution in [0.4, 0.5) is 5.69 Å². The van der Waals surface area contributed by atoms with Crippen molar-refractivity contribution in [3.05, 3.63) is 24.3 Å². The van der Waals surface area contributed by atoms with Gasteiger partial charge in [-0.3, -0.25) is 0 Å². The van der Waals surface area contributed by atoms with Crippen LogP contribution in [-0.2, 0) is 0 Å². The number of para-hydroxylation sites is 2. The molecule has 1 heterocycles. The first kappa shape index (κ1) is 12.2. The van der Waals surface area contributed by atoms with Gasteiger partial charge in [-0.1, -0.05) is 12.1 Å². The van der Waals surface area contributed by atoms with Crippen LogP contribution in [0, 0.1) is 0 Å². The molecule has 1 saturated heterocycles. The molecule has 0 bridgehead atoms. The molecule has 17 heavy (non-hydrogen) atoms. The van der Waals surface area contributed by atoms with Crippen LogP contribution in [0.15, 0.2) is 24.3 Å². The van der Waals surface area contributed by atoms with E-state index in [2.05, 4.69) is 30.5 Å². The Morgan fingerprint density at radius 1 is 1.35 bits per heavy atom. The third-order valence-electron chi connectivity index (χ3n) is 3.32. The molecule has 2 rings (SSSR count). The number of hydrogen-bond donors (Lipinski definition) is 2. The summed E-state index contributed by atoms with van der Waals surface area (Å²) in [5, 5.41) is 7.12. The van der Waals surface area contributed by atoms with Crippen molar-refractivity contribution < 1.29 is 4.74 Å². The van der Waals surface area contributed by atoms with Crippen molar-refractivity contribution in [2.75, 3.05) is 19.0 Å². The summed E-state index contributed by atoms with van der Waals surface area (Å²) in [5.74, 6) is 0.920. The minimum Gasteiger partial charge on any atom is -0.495 e. The zero-order valence-electron chi connectivity index (χ0n) is 10.9. The van der Waals surface area contributed by atoms with Gasteiger partial charge in [0.15, 0.2) is 0 Å². The van der Waals surface area contributed by atoms with E-state index in [1.165, 1.54) is 0 Å². The van der Waals surface area contributed by atoms with E-state index in [4.69, 9.17) is 4.74 Å². The Bertz CT molecular complexity index is 376. The molecule has 1 unspecified atom stereocenters. The zero-order valence-corrected chi connectivity index (χ0v) is 10.9. The highest BCUT2D eigenvalue weighted by atomic mass is 16.5. The first-order valence-corrected chi connectivity index (χ1v) is 6.25. The Kier molecular flexibility index (Phi) is 3.57. The number of anilines is 1. The fourth-order valence-electron chi connectivity index (χ4n) is 2.48. The number of rotatable bonds is 3. The molecule has 1 aromatic rings. The van der Waals surface area contributed by atoms with Gasteiger partial charge in [-0.05, 0) is 45.4 Å². The van der Waals surface area contributed by atoms with Crippen LogP contribution in [0.5, 0.6) is 5.75 Å². The normalized spacial score (nSPS) is 23.1. The van der Waals surface area contributed by atoms with Crippen molar-refractivity contribution >= 4 is 5.69 Å². The average Bonchev–Trinajstić information content (AvgIpc) is 2.28. The third kappa shape index (κ3) is 3.13. The predicted octanol–water partition coefficient (Wildman–Crippen LogP) is 2.64. The molecule has 0 saturated carbocycles. The van der Waals surface area contributed by atoms with Crippen LogP contribution in [0.3, 0.4) is 0 Å². The number of benzene rings is 1. The van der Waals surface area contributed by atoms with Crippen LogP contribution in [-0.4, -0.2) is 25.2 Å². The molecule has 1 fully saturated rings. The predicted molar refractivity (Wildman–Crippen MR) is 71.7 cm³/mol. The second kappa shape index (κ2) is 4.96. The summed E-state index contributed by atoms with van der Waals surface area (Å²) < 4.78 is 5.36. The Morgan fingerprint density at radius 2 is 2.12 bits per heavy atom. The van der Waals surface area contributed by atoms with Crippen molar-refractivity contribution in [1.82, 2.24) is 5.32 Å². The lowest BCUT2D eigenvalue weighted by atomic mass is 9.89. The van der Waals surface area contributed by atoms with Crippen molar-refractivity contribution in [2.24, 2.45) is 0 Å². The van der Waals surface area contributed by atoms with Crippen LogP contribution >= 0.6 is 0 Å². The van der Waals surface area contributed by atoms with Crippen molar-refractivity contribution in [2.45, 2.75) is 38.3 Å². The lowest BCUT2D eigenvalue weighted by molar-refractivity contribution is 0.286. The van der Waals surface area contributed by atoms with Gasteiger partial charge >= 0.3 is 0 Å². The van der Waals surface area contributed by atoms with Gasteiger partial charge in [0.25, 0.3) is 0 Å². The minimum atomic E-state index is 0.220. The highest BCUT2D eigenvalue weighted by molar-refractivity contribution is 5.56. The molecule has 3 nitrogen and oxygen atoms in total. The first-order valence-electron chi connectivity index (χ1n) is 6.25. The van der Waals surface area contributed by atoms with Crippen LogP contribution < -0.4 is 15.4 Å². The van der Waals surface area contributed by atoms with Crippen molar-refractivity contribution in [3.8, 4) is 5.75 Å². The molecule has 0 amide bonds. The van der Waals surface area contributed by atoms with Crippen molar-refractivity contribution in [3.63, 3.8) is 0 Å². The van der Waals surface area contributed by atoms with Gasteiger partial charge in [0.05, 0.1) is 12.8 Å². The molecule has 1 atom stereocenters. The Morgan fingerprint density at radius 3 is 2.82 bits per heavy atom. The molecule has 0 aromatic heterocycles. The maximum atomic E-state index is 5.36. The van der Waals surface area contributed by atoms with Crippen LogP contribution in [0.25, 0.3) is 0 Å². The third-order valence-corrected chi connectivity index (χ3v) is 3.32. The highest BCUT2D eigenvalue weighted by Crippen LogP contribution is 2.27. The van der Waals surface area contributed by atoms with Gasteiger partial charge in [-0.25, -0.2) is 0 Å². The summed E-state index contributed by atoms with van der Waals surface area (Å²) in [6.45, 7) is 5.58. The van der Waals surface area contributed by atoms with Crippen molar-refractivity contribution in [1.29, 1.82) is 0 Å². The smallest absolute Gasteiger partial charge is 0.141 e. The molecule has 0 aliphatic carbocycles. The lowest BCUT2D eigenvalue weighted by Crippen LogP contribution is -2.50. The van der Waals surface area contributed by atoms with E-state index in [0.717, 1.165) is 30.8 Å². The molecule has 1 aliphatic rings. The molecule has 1 aromatic carbocycles. The Labute approximate surface area is 104 Å². The van der Waals surface area contributed by atoms with E-state index in [-0.39, 0.29) is 5.54 Å². The van der Waals surface area contributed by atoms with E-state index in [1.54, 1.807) is 7.11 Å². The molecule has 0 spiro atoms. The summed E-state index contributed by atoms with van der Waals surface area (Å²) in [4.78, 5) is 0. The Balaban J connectivity index is 2.05. The molecular formula is C14H22N2O. The monoisotopic (exact) mass is 234 g/mol. The SMILES string of the molecule is COc1ccccc1NC1CCNC(C)(C)C1. The van der Waals surface area contributed by atoms with Gasteiger partial charge in [0, 0.05) is 11.6 Å². The molecule has 0 radical (unpaired) electrons. The lowest BCUT2D eigenvalue weighted by Gasteiger charge is -2.37. The van der Waals surface area contributed by atoms with E-state index < -0.39 is 0 Å². The Hall–Kier alpha value is -1.22. The maximum absolute atomic E-state index is 5.36. The summed E-state index contributed by atoms with van der Waals surface area (Å²) in [6, 6.07) is 8.62. The van der Waals surface area contributed by atoms with Gasteiger partial charge in [-0.15, -0.1) is 0 Å². The number of nitrogens with one attached hydrogen (secondary N) is 2. The molecule has 1 aliphatic heterocycles. The maximum Gasteiger partial charge on any atom is 0.141 e. The van der Waals surface area contributed by atoms with Crippen LogP contribution in [0.1, 0.15) is 26.7 Å². The molecule has 3 heteroatoms. The summed E-state index contributed by atoms with van der Waals surface area (Å²) in [7, 11) is 1.72. The summed E-state index contributed by atoms with van der Waals surface area (Å²) >= 11 is 0. The number of piperidine rings is 1. The standard InChI is InChI=1S/C14H22N2O/c1-14(2)10-11(8-9-15-14)16-12-6-4-5-7-13(12)17-3/h4-7,11,15-16H,8-10H2,1-3H3. The van der Waals surface area contributed by atoms with Crippen LogP contribution in [0.2, 0.25) is 0 Å².